The summed E-state index contributed by atoms with van der Waals surface area (Å²) in [6, 6.07) is 1.02. The van der Waals surface area contributed by atoms with Gasteiger partial charge in [0.2, 0.25) is 0 Å². The molecule has 1 aliphatic rings. The topological polar surface area (TPSA) is 49.8 Å². The van der Waals surface area contributed by atoms with E-state index >= 15 is 0 Å². The highest BCUT2D eigenvalue weighted by Crippen LogP contribution is 2.21. The summed E-state index contributed by atoms with van der Waals surface area (Å²) in [4.78, 5) is 13.0. The average Bonchev–Trinajstić information content (AvgIpc) is 2.23. The van der Waals surface area contributed by atoms with Crippen LogP contribution in [-0.2, 0) is 9.53 Å². The van der Waals surface area contributed by atoms with Gasteiger partial charge < -0.3 is 9.84 Å². The van der Waals surface area contributed by atoms with Crippen LogP contribution in [0.1, 0.15) is 46.5 Å². The van der Waals surface area contributed by atoms with Gasteiger partial charge in [0.25, 0.3) is 0 Å². The van der Waals surface area contributed by atoms with Gasteiger partial charge in [-0.15, -0.1) is 0 Å². The lowest BCUT2D eigenvalue weighted by atomic mass is 10.0. The molecule has 1 aliphatic heterocycles. The van der Waals surface area contributed by atoms with Crippen molar-refractivity contribution in [3.05, 3.63) is 0 Å². The van der Waals surface area contributed by atoms with Crippen LogP contribution in [0.5, 0.6) is 0 Å². The Morgan fingerprint density at radius 3 is 2.76 bits per heavy atom. The number of carbonyl (C=O) groups is 1. The second-order valence-electron chi connectivity index (χ2n) is 5.19. The van der Waals surface area contributed by atoms with Crippen molar-refractivity contribution in [2.45, 2.75) is 64.6 Å². The molecule has 0 saturated carbocycles. The van der Waals surface area contributed by atoms with Gasteiger partial charge in [0, 0.05) is 25.1 Å². The van der Waals surface area contributed by atoms with Gasteiger partial charge in [-0.3, -0.25) is 9.69 Å². The smallest absolute Gasteiger partial charge is 0.303 e. The van der Waals surface area contributed by atoms with Crippen LogP contribution >= 0.6 is 0 Å². The molecule has 1 saturated heterocycles. The Morgan fingerprint density at radius 2 is 2.24 bits per heavy atom. The number of nitrogens with zero attached hydrogens (tertiary/aromatic N) is 1. The maximum Gasteiger partial charge on any atom is 0.303 e. The normalized spacial score (nSPS) is 25.5. The molecular weight excluding hydrogens is 218 g/mol. The summed E-state index contributed by atoms with van der Waals surface area (Å²) in [6.45, 7) is 8.18. The van der Waals surface area contributed by atoms with Crippen LogP contribution in [0, 0.1) is 0 Å². The van der Waals surface area contributed by atoms with Crippen LogP contribution in [0.25, 0.3) is 0 Å². The van der Waals surface area contributed by atoms with E-state index in [-0.39, 0.29) is 6.42 Å². The van der Waals surface area contributed by atoms with E-state index in [1.165, 1.54) is 0 Å². The van der Waals surface area contributed by atoms with E-state index in [0.717, 1.165) is 32.4 Å². The van der Waals surface area contributed by atoms with Crippen LogP contribution in [0.2, 0.25) is 0 Å². The molecule has 0 spiro atoms. The number of hydrogen-bond donors (Lipinski definition) is 1. The van der Waals surface area contributed by atoms with E-state index in [0.29, 0.717) is 18.2 Å². The summed E-state index contributed by atoms with van der Waals surface area (Å²) >= 11 is 0. The van der Waals surface area contributed by atoms with Gasteiger partial charge >= 0.3 is 5.97 Å². The number of rotatable bonds is 6. The molecule has 1 N–H and O–H groups in total. The molecule has 0 aromatic rings. The van der Waals surface area contributed by atoms with Crippen molar-refractivity contribution in [1.82, 2.24) is 4.90 Å². The van der Waals surface area contributed by atoms with E-state index < -0.39 is 5.97 Å². The zero-order valence-corrected chi connectivity index (χ0v) is 11.2. The van der Waals surface area contributed by atoms with E-state index in [9.17, 15) is 4.79 Å². The van der Waals surface area contributed by atoms with Gasteiger partial charge in [-0.05, 0) is 46.6 Å². The molecular formula is C13H25NO3. The monoisotopic (exact) mass is 243 g/mol. The molecule has 0 aliphatic carbocycles. The lowest BCUT2D eigenvalue weighted by molar-refractivity contribution is -0.137. The van der Waals surface area contributed by atoms with Crippen molar-refractivity contribution in [2.75, 3.05) is 13.2 Å². The Bertz CT molecular complexity index is 243. The lowest BCUT2D eigenvalue weighted by Crippen LogP contribution is -2.45. The predicted molar refractivity (Wildman–Crippen MR) is 67.1 cm³/mol. The molecule has 0 amide bonds. The second kappa shape index (κ2) is 6.97. The molecule has 1 rings (SSSR count). The fourth-order valence-corrected chi connectivity index (χ4v) is 2.55. The zero-order chi connectivity index (χ0) is 12.8. The summed E-state index contributed by atoms with van der Waals surface area (Å²) < 4.78 is 5.56. The molecule has 0 radical (unpaired) electrons. The number of carboxylic acids is 1. The first-order valence-corrected chi connectivity index (χ1v) is 6.60. The summed E-state index contributed by atoms with van der Waals surface area (Å²) in [5.41, 5.74) is 0. The first-order valence-electron chi connectivity index (χ1n) is 6.60. The SMILES string of the molecule is CC1CC(N(CCCC(=O)O)C(C)C)CCO1. The molecule has 17 heavy (non-hydrogen) atoms. The molecule has 100 valence electrons. The van der Waals surface area contributed by atoms with E-state index in [1.54, 1.807) is 0 Å². The number of carboxylic acid groups (broad SMARTS) is 1. The third-order valence-corrected chi connectivity index (χ3v) is 3.40. The quantitative estimate of drug-likeness (QED) is 0.776. The number of aliphatic carboxylic acids is 1. The zero-order valence-electron chi connectivity index (χ0n) is 11.2. The van der Waals surface area contributed by atoms with E-state index in [2.05, 4.69) is 25.7 Å². The molecule has 4 nitrogen and oxygen atoms in total. The summed E-state index contributed by atoms with van der Waals surface area (Å²) in [5.74, 6) is -0.700. The highest BCUT2D eigenvalue weighted by atomic mass is 16.5. The predicted octanol–water partition coefficient (Wildman–Crippen LogP) is 2.13. The molecule has 1 heterocycles. The van der Waals surface area contributed by atoms with E-state index in [1.807, 2.05) is 0 Å². The Balaban J connectivity index is 2.43. The van der Waals surface area contributed by atoms with Crippen molar-refractivity contribution in [3.8, 4) is 0 Å². The Labute approximate surface area is 104 Å². The maximum absolute atomic E-state index is 10.5. The molecule has 1 fully saturated rings. The minimum atomic E-state index is -0.700. The van der Waals surface area contributed by atoms with Gasteiger partial charge in [0.1, 0.15) is 0 Å². The molecule has 0 aromatic carbocycles. The second-order valence-corrected chi connectivity index (χ2v) is 5.19. The largest absolute Gasteiger partial charge is 0.481 e. The van der Waals surface area contributed by atoms with Gasteiger partial charge in [-0.1, -0.05) is 0 Å². The van der Waals surface area contributed by atoms with Gasteiger partial charge in [-0.25, -0.2) is 0 Å². The summed E-state index contributed by atoms with van der Waals surface area (Å²) in [5, 5.41) is 8.68. The fourth-order valence-electron chi connectivity index (χ4n) is 2.55. The van der Waals surface area contributed by atoms with Crippen molar-refractivity contribution in [2.24, 2.45) is 0 Å². The molecule has 4 heteroatoms. The molecule has 0 aromatic heterocycles. The third-order valence-electron chi connectivity index (χ3n) is 3.40. The van der Waals surface area contributed by atoms with Crippen molar-refractivity contribution in [1.29, 1.82) is 0 Å². The molecule has 2 unspecified atom stereocenters. The summed E-state index contributed by atoms with van der Waals surface area (Å²) in [6.07, 6.45) is 3.46. The molecule has 2 atom stereocenters. The Hall–Kier alpha value is -0.610. The average molecular weight is 243 g/mol. The first kappa shape index (κ1) is 14.5. The van der Waals surface area contributed by atoms with Crippen molar-refractivity contribution < 1.29 is 14.6 Å². The standard InChI is InChI=1S/C13H25NO3/c1-10(2)14(7-4-5-13(15)16)12-6-8-17-11(3)9-12/h10-12H,4-9H2,1-3H3,(H,15,16). The van der Waals surface area contributed by atoms with Crippen LogP contribution in [0.4, 0.5) is 0 Å². The highest BCUT2D eigenvalue weighted by molar-refractivity contribution is 5.66. The number of hydrogen-bond acceptors (Lipinski definition) is 3. The highest BCUT2D eigenvalue weighted by Gasteiger charge is 2.26. The fraction of sp³-hybridized carbons (Fsp3) is 0.923. The van der Waals surface area contributed by atoms with Gasteiger partial charge in [0.15, 0.2) is 0 Å². The Kier molecular flexibility index (Phi) is 5.92. The minimum Gasteiger partial charge on any atom is -0.481 e. The van der Waals surface area contributed by atoms with Crippen LogP contribution in [0.3, 0.4) is 0 Å². The van der Waals surface area contributed by atoms with Gasteiger partial charge in [0.05, 0.1) is 6.10 Å². The first-order chi connectivity index (χ1) is 8.00. The van der Waals surface area contributed by atoms with Crippen molar-refractivity contribution in [3.63, 3.8) is 0 Å². The Morgan fingerprint density at radius 1 is 1.53 bits per heavy atom. The van der Waals surface area contributed by atoms with Crippen LogP contribution < -0.4 is 0 Å². The van der Waals surface area contributed by atoms with E-state index in [4.69, 9.17) is 9.84 Å². The maximum atomic E-state index is 10.5. The van der Waals surface area contributed by atoms with Crippen LogP contribution in [0.15, 0.2) is 0 Å². The minimum absolute atomic E-state index is 0.266. The third kappa shape index (κ3) is 5.04. The van der Waals surface area contributed by atoms with Crippen molar-refractivity contribution >= 4 is 5.97 Å². The van der Waals surface area contributed by atoms with Crippen LogP contribution in [-0.4, -0.2) is 47.3 Å². The number of ether oxygens (including phenoxy) is 1. The lowest BCUT2D eigenvalue weighted by Gasteiger charge is -2.39. The summed E-state index contributed by atoms with van der Waals surface area (Å²) in [7, 11) is 0. The molecule has 0 bridgehead atoms. The van der Waals surface area contributed by atoms with Gasteiger partial charge in [-0.2, -0.15) is 0 Å².